The minimum absolute atomic E-state index is 0.0326. The van der Waals surface area contributed by atoms with Gasteiger partial charge in [0.05, 0.1) is 53.0 Å². The minimum atomic E-state index is -2.06. The number of carbonyl (C=O) groups is 3. The van der Waals surface area contributed by atoms with Crippen molar-refractivity contribution >= 4 is 40.3 Å². The number of phenols is 3. The first-order chi connectivity index (χ1) is 27.8. The van der Waals surface area contributed by atoms with E-state index in [9.17, 15) is 39.9 Å². The van der Waals surface area contributed by atoms with E-state index in [4.69, 9.17) is 23.8 Å². The summed E-state index contributed by atoms with van der Waals surface area (Å²) in [6, 6.07) is 0. The van der Waals surface area contributed by atoms with Gasteiger partial charge in [0.2, 0.25) is 0 Å². The number of aromatic hydroxyl groups is 3. The number of phenolic OH excluding ortho intramolecular Hbond substituents is 3. The van der Waals surface area contributed by atoms with Crippen LogP contribution in [0.3, 0.4) is 0 Å². The van der Waals surface area contributed by atoms with E-state index in [-0.39, 0.29) is 51.1 Å². The van der Waals surface area contributed by atoms with E-state index in [1.54, 1.807) is 45.9 Å². The molecule has 0 fully saturated rings. The van der Waals surface area contributed by atoms with Gasteiger partial charge in [-0.25, -0.2) is 0 Å². The number of fused-ring (bicyclic) bond motifs is 14. The number of Topliss-reactive ketones (excluding diaryl/α,β-unsaturated/α-hetero) is 1. The summed E-state index contributed by atoms with van der Waals surface area (Å²) in [7, 11) is 1.43. The van der Waals surface area contributed by atoms with Crippen LogP contribution in [-0.4, -0.2) is 93.3 Å². The molecule has 3 aliphatic rings. The number of hydrogen-bond acceptors (Lipinski definition) is 14. The maximum absolute atomic E-state index is 14.4. The van der Waals surface area contributed by atoms with Gasteiger partial charge in [0.1, 0.15) is 30.0 Å². The molecule has 9 unspecified atom stereocenters. The Bertz CT molecular complexity index is 2050. The van der Waals surface area contributed by atoms with Crippen molar-refractivity contribution in [3.8, 4) is 23.0 Å². The Kier molecular flexibility index (Phi) is 15.4. The molecule has 0 aliphatic carbocycles. The van der Waals surface area contributed by atoms with E-state index in [0.717, 1.165) is 19.1 Å². The number of allylic oxidation sites excluding steroid dienone is 3. The number of aliphatic hydroxyl groups is 2. The number of ether oxygens (including phenoxy) is 4. The molecule has 0 spiro atoms. The highest BCUT2D eigenvalue weighted by atomic mass is 16.7. The fourth-order valence-corrected chi connectivity index (χ4v) is 7.40. The van der Waals surface area contributed by atoms with E-state index in [1.807, 2.05) is 13.0 Å². The Morgan fingerprint density at radius 3 is 2.31 bits per heavy atom. The minimum Gasteiger partial charge on any atom is -0.507 e. The normalized spacial score (nSPS) is 30.2. The predicted octanol–water partition coefficient (Wildman–Crippen LogP) is 6.46. The molecule has 1 amide bonds. The Morgan fingerprint density at radius 2 is 1.66 bits per heavy atom. The molecule has 6 N–H and O–H groups in total. The van der Waals surface area contributed by atoms with Crippen LogP contribution in [-0.2, 0) is 28.6 Å². The summed E-state index contributed by atoms with van der Waals surface area (Å²) in [5.41, 5.74) is -0.627. The van der Waals surface area contributed by atoms with E-state index in [1.165, 1.54) is 53.2 Å². The second kappa shape index (κ2) is 19.6. The number of anilines is 1. The van der Waals surface area contributed by atoms with Gasteiger partial charge in [-0.2, -0.15) is 0 Å². The van der Waals surface area contributed by atoms with Crippen molar-refractivity contribution in [1.29, 1.82) is 0 Å². The van der Waals surface area contributed by atoms with Gasteiger partial charge in [-0.1, -0.05) is 70.5 Å². The van der Waals surface area contributed by atoms with Crippen LogP contribution >= 0.6 is 0 Å². The summed E-state index contributed by atoms with van der Waals surface area (Å²) in [4.78, 5) is 45.7. The van der Waals surface area contributed by atoms with Crippen LogP contribution in [0.15, 0.2) is 53.4 Å². The summed E-state index contributed by atoms with van der Waals surface area (Å²) >= 11 is 0. The van der Waals surface area contributed by atoms with Gasteiger partial charge in [-0.15, -0.1) is 0 Å². The molecule has 0 saturated heterocycles. The number of nitrogens with one attached hydrogen (secondary N) is 1. The van der Waals surface area contributed by atoms with E-state index in [0.29, 0.717) is 0 Å². The zero-order valence-electron chi connectivity index (χ0n) is 35.3. The quantitative estimate of drug-likeness (QED) is 0.0320. The Labute approximate surface area is 344 Å². The first kappa shape index (κ1) is 46.3. The smallest absolute Gasteiger partial charge is 0.312 e. The van der Waals surface area contributed by atoms with Crippen LogP contribution in [0, 0.1) is 30.6 Å². The molecule has 2 aromatic rings. The topological polar surface area (TPSA) is 223 Å². The molecule has 9 atom stereocenters. The molecule has 0 aromatic heterocycles. The van der Waals surface area contributed by atoms with Crippen molar-refractivity contribution in [2.45, 2.75) is 105 Å². The third-order valence-electron chi connectivity index (χ3n) is 11.1. The summed E-state index contributed by atoms with van der Waals surface area (Å²) < 4.78 is 23.5. The third kappa shape index (κ3) is 9.75. The molecule has 5 bridgehead atoms. The summed E-state index contributed by atoms with van der Waals surface area (Å²) in [5, 5.41) is 64.0. The number of carbonyl (C=O) groups excluding carboxylic acids is 3. The van der Waals surface area contributed by atoms with Crippen LogP contribution in [0.1, 0.15) is 89.7 Å². The molecule has 2 aromatic carbocycles. The maximum Gasteiger partial charge on any atom is 0.312 e. The molecule has 322 valence electrons. The van der Waals surface area contributed by atoms with Gasteiger partial charge in [0, 0.05) is 61.2 Å². The second-order valence-corrected chi connectivity index (χ2v) is 15.4. The number of esters is 1. The number of rotatable bonds is 8. The number of hydrogen-bond donors (Lipinski definition) is 6. The van der Waals surface area contributed by atoms with Gasteiger partial charge >= 0.3 is 11.8 Å². The largest absolute Gasteiger partial charge is 0.507 e. The number of ketones is 1. The summed E-state index contributed by atoms with van der Waals surface area (Å²) in [5.74, 6) is -8.66. The molecule has 0 saturated carbocycles. The van der Waals surface area contributed by atoms with Gasteiger partial charge in [-0.3, -0.25) is 14.4 Å². The highest BCUT2D eigenvalue weighted by Crippen LogP contribution is 2.55. The number of methoxy groups -OCH3 is 1. The van der Waals surface area contributed by atoms with E-state index < -0.39 is 88.8 Å². The fraction of sp³-hybridized carbons (Fsp3) is 0.500. The van der Waals surface area contributed by atoms with E-state index in [2.05, 4.69) is 10.5 Å². The SMILES string of the molecule is CCC/C=C/CO/N=C\c1c2c(O)c3c(O)c(C)c4c(c3c1O)C(=O)C(C)(O/C=C/C(OC)C(C)C(OC(C)=O)C(C)C(O)C(C)C(O)C(C)/C=C/C=C(\C)C(=O)N2)O4. The molecule has 15 heteroatoms. The zero-order chi connectivity index (χ0) is 43.9. The zero-order valence-corrected chi connectivity index (χ0v) is 35.3. The first-order valence-corrected chi connectivity index (χ1v) is 19.7. The number of benzene rings is 2. The number of oxime groups is 1. The standard InChI is InChI=1S/C44H58N2O13/c1-11-12-13-14-19-57-45-21-29-34-39(52)32-31(38(29)51)33-41(27(7)37(32)50)59-44(9,42(33)53)56-20-18-30(55-10)24(4)40(58-28(8)47)26(6)36(49)25(5)35(48)22(2)16-15-17-23(3)43(54)46-34/h13-18,20-22,24-26,30,35-36,40,48-52H,11-12,19H2,1-10H3,(H,46,54)/b14-13+,16-15+,20-18+,23-17+,45-21-. The monoisotopic (exact) mass is 822 g/mol. The molecule has 0 radical (unpaired) electrons. The van der Waals surface area contributed by atoms with E-state index >= 15 is 0 Å². The molecule has 5 rings (SSSR count). The van der Waals surface area contributed by atoms with Gasteiger partial charge in [0.15, 0.2) is 5.75 Å². The molecular formula is C44H58N2O13. The van der Waals surface area contributed by atoms with Crippen LogP contribution in [0.4, 0.5) is 5.69 Å². The summed E-state index contributed by atoms with van der Waals surface area (Å²) in [6.45, 7) is 14.5. The van der Waals surface area contributed by atoms with Crippen molar-refractivity contribution in [3.63, 3.8) is 0 Å². The maximum atomic E-state index is 14.4. The lowest BCUT2D eigenvalue weighted by Crippen LogP contribution is -2.46. The van der Waals surface area contributed by atoms with Crippen molar-refractivity contribution < 1.29 is 63.7 Å². The molecule has 3 heterocycles. The number of aliphatic hydroxyl groups excluding tert-OH is 2. The number of amides is 1. The highest BCUT2D eigenvalue weighted by molar-refractivity contribution is 6.23. The van der Waals surface area contributed by atoms with Crippen LogP contribution in [0.25, 0.3) is 10.8 Å². The Morgan fingerprint density at radius 1 is 0.966 bits per heavy atom. The predicted molar refractivity (Wildman–Crippen MR) is 221 cm³/mol. The first-order valence-electron chi connectivity index (χ1n) is 19.7. The van der Waals surface area contributed by atoms with Crippen molar-refractivity contribution in [2.24, 2.45) is 28.8 Å². The van der Waals surface area contributed by atoms with Gasteiger partial charge < -0.3 is 54.6 Å². The average molecular weight is 823 g/mol. The molecular weight excluding hydrogens is 764 g/mol. The lowest BCUT2D eigenvalue weighted by atomic mass is 9.78. The van der Waals surface area contributed by atoms with Gasteiger partial charge in [0.25, 0.3) is 11.7 Å². The third-order valence-corrected chi connectivity index (χ3v) is 11.1. The Balaban J connectivity index is 1.95. The number of nitrogens with zero attached hydrogens (tertiary/aromatic N) is 1. The van der Waals surface area contributed by atoms with Crippen LogP contribution in [0.5, 0.6) is 23.0 Å². The van der Waals surface area contributed by atoms with Crippen LogP contribution in [0.2, 0.25) is 0 Å². The molecule has 15 nitrogen and oxygen atoms in total. The van der Waals surface area contributed by atoms with Crippen LogP contribution < -0.4 is 10.1 Å². The molecule has 59 heavy (non-hydrogen) atoms. The second-order valence-electron chi connectivity index (χ2n) is 15.4. The summed E-state index contributed by atoms with van der Waals surface area (Å²) in [6.07, 6.45) is 9.94. The molecule has 3 aliphatic heterocycles. The highest BCUT2D eigenvalue weighted by Gasteiger charge is 2.50. The lowest BCUT2D eigenvalue weighted by Gasteiger charge is -2.38. The van der Waals surface area contributed by atoms with Crippen molar-refractivity contribution in [2.75, 3.05) is 19.0 Å². The van der Waals surface area contributed by atoms with Crippen molar-refractivity contribution in [1.82, 2.24) is 0 Å². The van der Waals surface area contributed by atoms with Gasteiger partial charge in [-0.05, 0) is 32.4 Å². The Hall–Kier alpha value is -5.38. The number of unbranched alkanes of at least 4 members (excludes halogenated alkanes) is 1. The van der Waals surface area contributed by atoms with Crippen molar-refractivity contribution in [3.05, 3.63) is 65.0 Å². The fourth-order valence-electron chi connectivity index (χ4n) is 7.40. The lowest BCUT2D eigenvalue weighted by molar-refractivity contribution is -0.160. The average Bonchev–Trinajstić information content (AvgIpc) is 3.46.